The van der Waals surface area contributed by atoms with Crippen molar-refractivity contribution in [3.63, 3.8) is 0 Å². The lowest BCUT2D eigenvalue weighted by atomic mass is 9.81. The van der Waals surface area contributed by atoms with E-state index in [-0.39, 0.29) is 5.91 Å². The van der Waals surface area contributed by atoms with Gasteiger partial charge in [0.1, 0.15) is 0 Å². The van der Waals surface area contributed by atoms with Crippen molar-refractivity contribution in [2.24, 2.45) is 17.6 Å². The Labute approximate surface area is 128 Å². The predicted octanol–water partition coefficient (Wildman–Crippen LogP) is 3.13. The minimum Gasteiger partial charge on any atom is -0.352 e. The highest BCUT2D eigenvalue weighted by molar-refractivity contribution is 5.94. The van der Waals surface area contributed by atoms with E-state index in [1.807, 2.05) is 24.3 Å². The zero-order chi connectivity index (χ0) is 15.1. The maximum absolute atomic E-state index is 12.1. The molecule has 1 aromatic carbocycles. The van der Waals surface area contributed by atoms with Gasteiger partial charge < -0.3 is 11.1 Å². The van der Waals surface area contributed by atoms with Crippen molar-refractivity contribution in [1.82, 2.24) is 5.32 Å². The van der Waals surface area contributed by atoms with E-state index in [2.05, 4.69) is 12.2 Å². The molecule has 1 saturated carbocycles. The molecule has 0 radical (unpaired) electrons. The van der Waals surface area contributed by atoms with Crippen LogP contribution in [0, 0.1) is 11.8 Å². The molecule has 1 amide bonds. The van der Waals surface area contributed by atoms with Crippen LogP contribution in [0.15, 0.2) is 24.3 Å². The maximum atomic E-state index is 12.1. The monoisotopic (exact) mass is 288 g/mol. The van der Waals surface area contributed by atoms with Crippen molar-refractivity contribution in [2.75, 3.05) is 13.1 Å². The number of carbonyl (C=O) groups excluding carboxylic acids is 1. The number of nitrogens with two attached hydrogens (primary N) is 1. The summed E-state index contributed by atoms with van der Waals surface area (Å²) in [5.41, 5.74) is 7.45. The lowest BCUT2D eigenvalue weighted by Gasteiger charge is -2.26. The Kier molecular flexibility index (Phi) is 6.24. The van der Waals surface area contributed by atoms with Crippen molar-refractivity contribution >= 4 is 5.91 Å². The summed E-state index contributed by atoms with van der Waals surface area (Å²) in [5.74, 6) is 1.69. The summed E-state index contributed by atoms with van der Waals surface area (Å²) >= 11 is 0. The number of carbonyl (C=O) groups is 1. The molecule has 3 N–H and O–H groups in total. The fourth-order valence-corrected chi connectivity index (χ4v) is 3.30. The molecule has 2 unspecified atom stereocenters. The molecule has 2 rings (SSSR count). The van der Waals surface area contributed by atoms with Gasteiger partial charge in [-0.25, -0.2) is 0 Å². The van der Waals surface area contributed by atoms with Gasteiger partial charge in [0.2, 0.25) is 0 Å². The van der Waals surface area contributed by atoms with Gasteiger partial charge in [0.05, 0.1) is 0 Å². The van der Waals surface area contributed by atoms with Gasteiger partial charge in [-0.05, 0) is 55.3 Å². The molecule has 0 heterocycles. The van der Waals surface area contributed by atoms with Gasteiger partial charge in [-0.3, -0.25) is 4.79 Å². The summed E-state index contributed by atoms with van der Waals surface area (Å²) in [6, 6.07) is 7.77. The average Bonchev–Trinajstić information content (AvgIpc) is 2.48. The Morgan fingerprint density at radius 3 is 2.71 bits per heavy atom. The molecular formula is C18H28N2O. The molecule has 116 valence electrons. The zero-order valence-electron chi connectivity index (χ0n) is 13.1. The summed E-state index contributed by atoms with van der Waals surface area (Å²) in [4.78, 5) is 12.1. The first-order valence-corrected chi connectivity index (χ1v) is 8.26. The van der Waals surface area contributed by atoms with E-state index >= 15 is 0 Å². The smallest absolute Gasteiger partial charge is 0.251 e. The van der Waals surface area contributed by atoms with Crippen LogP contribution in [-0.4, -0.2) is 19.0 Å². The molecule has 1 fully saturated rings. The Balaban J connectivity index is 1.73. The highest BCUT2D eigenvalue weighted by atomic mass is 16.1. The minimum atomic E-state index is 0.0400. The van der Waals surface area contributed by atoms with E-state index in [0.29, 0.717) is 6.54 Å². The highest BCUT2D eigenvalue weighted by Gasteiger charge is 2.18. The van der Waals surface area contributed by atoms with Gasteiger partial charge in [-0.2, -0.15) is 0 Å². The van der Waals surface area contributed by atoms with E-state index in [4.69, 9.17) is 5.73 Å². The van der Waals surface area contributed by atoms with Crippen LogP contribution in [0.3, 0.4) is 0 Å². The summed E-state index contributed by atoms with van der Waals surface area (Å²) in [6.45, 7) is 3.78. The Bertz CT molecular complexity index is 441. The van der Waals surface area contributed by atoms with Crippen LogP contribution in [0.2, 0.25) is 0 Å². The number of benzene rings is 1. The third-order valence-electron chi connectivity index (χ3n) is 4.53. The van der Waals surface area contributed by atoms with Gasteiger partial charge in [0.25, 0.3) is 5.91 Å². The third-order valence-corrected chi connectivity index (χ3v) is 4.53. The molecule has 0 saturated heterocycles. The maximum Gasteiger partial charge on any atom is 0.251 e. The summed E-state index contributed by atoms with van der Waals surface area (Å²) < 4.78 is 0. The summed E-state index contributed by atoms with van der Waals surface area (Å²) in [7, 11) is 0. The second-order valence-corrected chi connectivity index (χ2v) is 6.42. The fraction of sp³-hybridized carbons (Fsp3) is 0.611. The molecule has 0 aliphatic heterocycles. The van der Waals surface area contributed by atoms with E-state index in [1.165, 1.54) is 31.2 Å². The zero-order valence-corrected chi connectivity index (χ0v) is 13.1. The molecule has 3 nitrogen and oxygen atoms in total. The highest BCUT2D eigenvalue weighted by Crippen LogP contribution is 2.30. The lowest BCUT2D eigenvalue weighted by Crippen LogP contribution is -2.27. The van der Waals surface area contributed by atoms with Gasteiger partial charge in [0.15, 0.2) is 0 Å². The van der Waals surface area contributed by atoms with Gasteiger partial charge >= 0.3 is 0 Å². The van der Waals surface area contributed by atoms with Crippen LogP contribution >= 0.6 is 0 Å². The van der Waals surface area contributed by atoms with Crippen molar-refractivity contribution < 1.29 is 4.79 Å². The predicted molar refractivity (Wildman–Crippen MR) is 87.3 cm³/mol. The van der Waals surface area contributed by atoms with Gasteiger partial charge in [0, 0.05) is 12.1 Å². The second kappa shape index (κ2) is 8.18. The van der Waals surface area contributed by atoms with Crippen LogP contribution in [0.1, 0.15) is 54.9 Å². The lowest BCUT2D eigenvalue weighted by molar-refractivity contribution is 0.0949. The molecule has 0 bridgehead atoms. The fourth-order valence-electron chi connectivity index (χ4n) is 3.30. The molecule has 1 aliphatic carbocycles. The Morgan fingerprint density at radius 1 is 1.29 bits per heavy atom. The van der Waals surface area contributed by atoms with E-state index in [1.54, 1.807) is 0 Å². The Hall–Kier alpha value is -1.35. The van der Waals surface area contributed by atoms with Crippen molar-refractivity contribution in [2.45, 2.75) is 45.4 Å². The summed E-state index contributed by atoms with van der Waals surface area (Å²) in [5, 5.41) is 3.05. The molecule has 21 heavy (non-hydrogen) atoms. The van der Waals surface area contributed by atoms with Crippen LogP contribution in [0.5, 0.6) is 0 Å². The number of amides is 1. The second-order valence-electron chi connectivity index (χ2n) is 6.42. The summed E-state index contributed by atoms with van der Waals surface area (Å²) in [6.07, 6.45) is 7.35. The molecular weight excluding hydrogens is 260 g/mol. The van der Waals surface area contributed by atoms with Crippen LogP contribution < -0.4 is 11.1 Å². The minimum absolute atomic E-state index is 0.0400. The SMILES string of the molecule is CC1CCCC(CCNC(=O)c2ccc(CCN)cc2)C1. The topological polar surface area (TPSA) is 55.1 Å². The van der Waals surface area contributed by atoms with Crippen LogP contribution in [0.4, 0.5) is 0 Å². The molecule has 1 aromatic rings. The normalized spacial score (nSPS) is 22.0. The first-order valence-electron chi connectivity index (χ1n) is 8.26. The molecule has 1 aliphatic rings. The average molecular weight is 288 g/mol. The Morgan fingerprint density at radius 2 is 2.05 bits per heavy atom. The number of hydrogen-bond donors (Lipinski definition) is 2. The van der Waals surface area contributed by atoms with E-state index in [0.717, 1.165) is 36.8 Å². The first kappa shape index (κ1) is 16.0. The number of nitrogens with one attached hydrogen (secondary N) is 1. The first-order chi connectivity index (χ1) is 10.2. The van der Waals surface area contributed by atoms with Gasteiger partial charge in [-0.1, -0.05) is 38.3 Å². The molecule has 0 spiro atoms. The number of rotatable bonds is 6. The molecule has 0 aromatic heterocycles. The number of hydrogen-bond acceptors (Lipinski definition) is 2. The quantitative estimate of drug-likeness (QED) is 0.845. The van der Waals surface area contributed by atoms with Gasteiger partial charge in [-0.15, -0.1) is 0 Å². The van der Waals surface area contributed by atoms with Crippen LogP contribution in [-0.2, 0) is 6.42 Å². The van der Waals surface area contributed by atoms with E-state index in [9.17, 15) is 4.79 Å². The van der Waals surface area contributed by atoms with Crippen molar-refractivity contribution in [3.05, 3.63) is 35.4 Å². The van der Waals surface area contributed by atoms with Crippen LogP contribution in [0.25, 0.3) is 0 Å². The van der Waals surface area contributed by atoms with Crippen molar-refractivity contribution in [3.8, 4) is 0 Å². The molecule has 2 atom stereocenters. The third kappa shape index (κ3) is 5.16. The standard InChI is InChI=1S/C18H28N2O/c1-14-3-2-4-16(13-14)10-12-20-18(21)17-7-5-15(6-8-17)9-11-19/h5-8,14,16H,2-4,9-13,19H2,1H3,(H,20,21). The van der Waals surface area contributed by atoms with E-state index < -0.39 is 0 Å². The van der Waals surface area contributed by atoms with Crippen molar-refractivity contribution in [1.29, 1.82) is 0 Å². The molecule has 3 heteroatoms. The largest absolute Gasteiger partial charge is 0.352 e.